The number of hydrogen-bond acceptors (Lipinski definition) is 2. The lowest BCUT2D eigenvalue weighted by Gasteiger charge is -2.06. The van der Waals surface area contributed by atoms with E-state index in [0.29, 0.717) is 11.6 Å². The Balaban J connectivity index is 1.84. The summed E-state index contributed by atoms with van der Waals surface area (Å²) in [6.45, 7) is 0.564. The van der Waals surface area contributed by atoms with Gasteiger partial charge in [0.05, 0.1) is 17.6 Å². The number of rotatable bonds is 3. The minimum absolute atomic E-state index is 0.252. The third kappa shape index (κ3) is 2.47. The molecule has 2 aromatic carbocycles. The van der Waals surface area contributed by atoms with Crippen molar-refractivity contribution < 1.29 is 4.39 Å². The minimum Gasteiger partial charge on any atom is -0.378 e. The Kier molecular flexibility index (Phi) is 3.32. The van der Waals surface area contributed by atoms with Crippen LogP contribution in [-0.2, 0) is 13.6 Å². The zero-order valence-electron chi connectivity index (χ0n) is 10.9. The molecule has 1 aromatic heterocycles. The maximum Gasteiger partial charge on any atom is 0.128 e. The van der Waals surface area contributed by atoms with Crippen LogP contribution in [0.15, 0.2) is 42.5 Å². The first-order valence-electron chi connectivity index (χ1n) is 6.24. The van der Waals surface area contributed by atoms with Gasteiger partial charge < -0.3 is 9.88 Å². The predicted molar refractivity (Wildman–Crippen MR) is 79.5 cm³/mol. The Morgan fingerprint density at radius 2 is 1.95 bits per heavy atom. The van der Waals surface area contributed by atoms with Crippen LogP contribution in [0, 0.1) is 5.82 Å². The van der Waals surface area contributed by atoms with Crippen LogP contribution in [0.4, 0.5) is 10.1 Å². The summed E-state index contributed by atoms with van der Waals surface area (Å²) in [6.07, 6.45) is 0. The van der Waals surface area contributed by atoms with Gasteiger partial charge in [-0.25, -0.2) is 9.37 Å². The van der Waals surface area contributed by atoms with E-state index >= 15 is 0 Å². The third-order valence-corrected chi connectivity index (χ3v) is 3.48. The molecule has 0 bridgehead atoms. The quantitative estimate of drug-likeness (QED) is 0.790. The zero-order chi connectivity index (χ0) is 14.1. The van der Waals surface area contributed by atoms with Gasteiger partial charge in [0.25, 0.3) is 0 Å². The summed E-state index contributed by atoms with van der Waals surface area (Å²) in [6, 6.07) is 12.1. The molecule has 3 nitrogen and oxygen atoms in total. The molecule has 5 heteroatoms. The minimum atomic E-state index is -0.252. The Morgan fingerprint density at radius 3 is 2.70 bits per heavy atom. The van der Waals surface area contributed by atoms with Crippen LogP contribution in [0.1, 0.15) is 5.82 Å². The van der Waals surface area contributed by atoms with Gasteiger partial charge in [-0.1, -0.05) is 11.6 Å². The molecule has 0 spiro atoms. The summed E-state index contributed by atoms with van der Waals surface area (Å²) in [5.41, 5.74) is 2.55. The van der Waals surface area contributed by atoms with Crippen LogP contribution in [0.25, 0.3) is 11.0 Å². The van der Waals surface area contributed by atoms with Gasteiger partial charge in [0.2, 0.25) is 0 Å². The van der Waals surface area contributed by atoms with Crippen molar-refractivity contribution in [2.24, 2.45) is 7.05 Å². The summed E-state index contributed by atoms with van der Waals surface area (Å²) >= 11 is 5.84. The molecule has 0 aliphatic rings. The highest BCUT2D eigenvalue weighted by molar-refractivity contribution is 6.30. The van der Waals surface area contributed by atoms with E-state index in [1.54, 1.807) is 6.07 Å². The van der Waals surface area contributed by atoms with E-state index in [1.807, 2.05) is 35.9 Å². The van der Waals surface area contributed by atoms with Crippen LogP contribution >= 0.6 is 11.6 Å². The summed E-state index contributed by atoms with van der Waals surface area (Å²) in [4.78, 5) is 4.49. The van der Waals surface area contributed by atoms with Crippen molar-refractivity contribution in [3.05, 3.63) is 59.1 Å². The number of benzene rings is 2. The van der Waals surface area contributed by atoms with E-state index < -0.39 is 0 Å². The monoisotopic (exact) mass is 289 g/mol. The van der Waals surface area contributed by atoms with Crippen molar-refractivity contribution in [1.29, 1.82) is 0 Å². The van der Waals surface area contributed by atoms with Gasteiger partial charge in [0, 0.05) is 17.8 Å². The maximum atomic E-state index is 13.2. The van der Waals surface area contributed by atoms with Crippen LogP contribution in [0.3, 0.4) is 0 Å². The van der Waals surface area contributed by atoms with E-state index in [-0.39, 0.29) is 5.82 Å². The molecule has 1 N–H and O–H groups in total. The Labute approximate surface area is 121 Å². The second-order valence-electron chi connectivity index (χ2n) is 4.58. The van der Waals surface area contributed by atoms with Gasteiger partial charge in [-0.05, 0) is 42.5 Å². The average molecular weight is 290 g/mol. The average Bonchev–Trinajstić information content (AvgIpc) is 2.75. The van der Waals surface area contributed by atoms with E-state index in [1.165, 1.54) is 12.1 Å². The van der Waals surface area contributed by atoms with E-state index in [9.17, 15) is 4.39 Å². The van der Waals surface area contributed by atoms with Crippen LogP contribution in [-0.4, -0.2) is 9.55 Å². The molecule has 1 heterocycles. The molecular weight excluding hydrogens is 277 g/mol. The molecule has 3 rings (SSSR count). The molecule has 0 fully saturated rings. The van der Waals surface area contributed by atoms with E-state index in [2.05, 4.69) is 10.3 Å². The topological polar surface area (TPSA) is 29.9 Å². The molecule has 3 aromatic rings. The molecule has 0 aliphatic carbocycles. The van der Waals surface area contributed by atoms with Crippen LogP contribution in [0.5, 0.6) is 0 Å². The van der Waals surface area contributed by atoms with Crippen molar-refractivity contribution in [2.45, 2.75) is 6.54 Å². The van der Waals surface area contributed by atoms with Crippen LogP contribution in [0.2, 0.25) is 5.02 Å². The van der Waals surface area contributed by atoms with Gasteiger partial charge in [0.1, 0.15) is 11.6 Å². The molecule has 0 radical (unpaired) electrons. The highest BCUT2D eigenvalue weighted by Crippen LogP contribution is 2.18. The van der Waals surface area contributed by atoms with E-state index in [0.717, 1.165) is 22.5 Å². The van der Waals surface area contributed by atoms with Crippen molar-refractivity contribution >= 4 is 28.3 Å². The Morgan fingerprint density at radius 1 is 1.20 bits per heavy atom. The highest BCUT2D eigenvalue weighted by Gasteiger charge is 2.08. The van der Waals surface area contributed by atoms with Crippen molar-refractivity contribution in [2.75, 3.05) is 5.32 Å². The summed E-state index contributed by atoms with van der Waals surface area (Å²) in [5.74, 6) is 0.596. The highest BCUT2D eigenvalue weighted by atomic mass is 35.5. The molecule has 0 saturated carbocycles. The lowest BCUT2D eigenvalue weighted by molar-refractivity contribution is 0.628. The standard InChI is InChI=1S/C15H13ClFN3/c1-20-14-8-11(17)4-7-13(14)19-15(20)9-18-12-5-2-10(16)3-6-12/h2-8,18H,9H2,1H3. The second kappa shape index (κ2) is 5.13. The first kappa shape index (κ1) is 12.9. The number of imidazole rings is 1. The van der Waals surface area contributed by atoms with E-state index in [4.69, 9.17) is 11.6 Å². The predicted octanol–water partition coefficient (Wildman–Crippen LogP) is 3.98. The number of hydrogen-bond donors (Lipinski definition) is 1. The molecule has 20 heavy (non-hydrogen) atoms. The van der Waals surface area contributed by atoms with Gasteiger partial charge in [0.15, 0.2) is 0 Å². The first-order valence-corrected chi connectivity index (χ1v) is 6.61. The number of anilines is 1. The fraction of sp³-hybridized carbons (Fsp3) is 0.133. The molecule has 0 aliphatic heterocycles. The summed E-state index contributed by atoms with van der Waals surface area (Å²) < 4.78 is 15.1. The molecule has 0 unspecified atom stereocenters. The van der Waals surface area contributed by atoms with Gasteiger partial charge >= 0.3 is 0 Å². The number of nitrogens with one attached hydrogen (secondary N) is 1. The van der Waals surface area contributed by atoms with Crippen LogP contribution < -0.4 is 5.32 Å². The molecule has 0 saturated heterocycles. The summed E-state index contributed by atoms with van der Waals surface area (Å²) in [5, 5.41) is 3.97. The molecule has 102 valence electrons. The first-order chi connectivity index (χ1) is 9.63. The number of aryl methyl sites for hydroxylation is 1. The lowest BCUT2D eigenvalue weighted by Crippen LogP contribution is -2.05. The smallest absolute Gasteiger partial charge is 0.128 e. The fourth-order valence-electron chi connectivity index (χ4n) is 2.12. The Hall–Kier alpha value is -2.07. The normalized spacial score (nSPS) is 10.9. The SMILES string of the molecule is Cn1c(CNc2ccc(Cl)cc2)nc2ccc(F)cc21. The van der Waals surface area contributed by atoms with Gasteiger partial charge in [-0.2, -0.15) is 0 Å². The molecular formula is C15H13ClFN3. The van der Waals surface area contributed by atoms with Gasteiger partial charge in [-0.15, -0.1) is 0 Å². The second-order valence-corrected chi connectivity index (χ2v) is 5.02. The van der Waals surface area contributed by atoms with Gasteiger partial charge in [-0.3, -0.25) is 0 Å². The zero-order valence-corrected chi connectivity index (χ0v) is 11.7. The maximum absolute atomic E-state index is 13.2. The largest absolute Gasteiger partial charge is 0.378 e. The molecule has 0 amide bonds. The van der Waals surface area contributed by atoms with Crippen molar-refractivity contribution in [3.63, 3.8) is 0 Å². The third-order valence-electron chi connectivity index (χ3n) is 3.23. The number of fused-ring (bicyclic) bond motifs is 1. The Bertz CT molecular complexity index is 750. The lowest BCUT2D eigenvalue weighted by atomic mass is 10.3. The fourth-order valence-corrected chi connectivity index (χ4v) is 2.25. The summed E-state index contributed by atoms with van der Waals surface area (Å²) in [7, 11) is 1.88. The van der Waals surface area contributed by atoms with Crippen molar-refractivity contribution in [3.8, 4) is 0 Å². The number of nitrogens with zero attached hydrogens (tertiary/aromatic N) is 2. The van der Waals surface area contributed by atoms with Crippen molar-refractivity contribution in [1.82, 2.24) is 9.55 Å². The number of aromatic nitrogens is 2. The number of halogens is 2. The molecule has 0 atom stereocenters.